The van der Waals surface area contributed by atoms with E-state index in [2.05, 4.69) is 25.7 Å². The maximum atomic E-state index is 12.2. The van der Waals surface area contributed by atoms with E-state index >= 15 is 0 Å². The van der Waals surface area contributed by atoms with Gasteiger partial charge < -0.3 is 0 Å². The van der Waals surface area contributed by atoms with Gasteiger partial charge in [-0.2, -0.15) is 13.2 Å². The number of hydrogen-bond acceptors (Lipinski definition) is 2. The lowest BCUT2D eigenvalue weighted by Crippen LogP contribution is -2.52. The summed E-state index contributed by atoms with van der Waals surface area (Å²) < 4.78 is 36.7. The van der Waals surface area contributed by atoms with E-state index in [-0.39, 0.29) is 0 Å². The Kier molecular flexibility index (Phi) is 5.25. The minimum atomic E-state index is -4.06. The third-order valence-electron chi connectivity index (χ3n) is 3.85. The van der Waals surface area contributed by atoms with Gasteiger partial charge in [-0.05, 0) is 12.8 Å². The molecule has 2 nitrogen and oxygen atoms in total. The fourth-order valence-corrected chi connectivity index (χ4v) is 2.28. The first-order valence-corrected chi connectivity index (χ1v) is 6.36. The van der Waals surface area contributed by atoms with Crippen molar-refractivity contribution < 1.29 is 13.2 Å². The van der Waals surface area contributed by atoms with Gasteiger partial charge in [-0.15, -0.1) is 0 Å². The summed E-state index contributed by atoms with van der Waals surface area (Å²) in [6.07, 6.45) is -2.95. The van der Waals surface area contributed by atoms with Crippen molar-refractivity contribution in [2.75, 3.05) is 32.7 Å². The van der Waals surface area contributed by atoms with Crippen LogP contribution in [0.5, 0.6) is 0 Å². The minimum absolute atomic E-state index is 0.466. The summed E-state index contributed by atoms with van der Waals surface area (Å²) in [7, 11) is 0. The number of nitrogens with zero attached hydrogens (tertiary/aromatic N) is 2. The molecule has 0 N–H and O–H groups in total. The van der Waals surface area contributed by atoms with Crippen molar-refractivity contribution in [1.29, 1.82) is 0 Å². The van der Waals surface area contributed by atoms with Gasteiger partial charge in [0.25, 0.3) is 0 Å². The molecule has 1 fully saturated rings. The van der Waals surface area contributed by atoms with Crippen LogP contribution in [0.25, 0.3) is 0 Å². The predicted octanol–water partition coefficient (Wildman–Crippen LogP) is 2.60. The first-order valence-electron chi connectivity index (χ1n) is 6.36. The minimum Gasteiger partial charge on any atom is -0.298 e. The van der Waals surface area contributed by atoms with Crippen LogP contribution in [0.15, 0.2) is 0 Å². The highest BCUT2D eigenvalue weighted by atomic mass is 19.4. The Morgan fingerprint density at radius 3 is 2.00 bits per heavy atom. The predicted molar refractivity (Wildman–Crippen MR) is 63.0 cm³/mol. The SMILES string of the molecule is CCC(C)[C@@H](C)N1CCN(CC(F)(F)F)CC1. The van der Waals surface area contributed by atoms with Crippen molar-refractivity contribution >= 4 is 0 Å². The maximum Gasteiger partial charge on any atom is 0.401 e. The van der Waals surface area contributed by atoms with E-state index in [0.29, 0.717) is 25.0 Å². The molecule has 1 aliphatic heterocycles. The van der Waals surface area contributed by atoms with Gasteiger partial charge in [0.05, 0.1) is 6.54 Å². The zero-order valence-corrected chi connectivity index (χ0v) is 10.9. The van der Waals surface area contributed by atoms with Crippen molar-refractivity contribution in [3.63, 3.8) is 0 Å². The van der Waals surface area contributed by atoms with Gasteiger partial charge in [-0.25, -0.2) is 0 Å². The quantitative estimate of drug-likeness (QED) is 0.759. The Morgan fingerprint density at radius 2 is 1.59 bits per heavy atom. The second-order valence-corrected chi connectivity index (χ2v) is 5.05. The third-order valence-corrected chi connectivity index (χ3v) is 3.85. The number of rotatable bonds is 4. The van der Waals surface area contributed by atoms with Gasteiger partial charge in [0.1, 0.15) is 0 Å². The van der Waals surface area contributed by atoms with Crippen molar-refractivity contribution in [2.45, 2.75) is 39.4 Å². The Morgan fingerprint density at radius 1 is 1.06 bits per heavy atom. The first kappa shape index (κ1) is 14.8. The molecule has 0 aromatic heterocycles. The summed E-state index contributed by atoms with van der Waals surface area (Å²) in [6.45, 7) is 8.32. The lowest BCUT2D eigenvalue weighted by Gasteiger charge is -2.40. The Balaban J connectivity index is 2.35. The molecule has 17 heavy (non-hydrogen) atoms. The van der Waals surface area contributed by atoms with Crippen LogP contribution in [0.2, 0.25) is 0 Å². The highest BCUT2D eigenvalue weighted by Crippen LogP contribution is 2.20. The molecule has 0 radical (unpaired) electrons. The van der Waals surface area contributed by atoms with Gasteiger partial charge in [-0.1, -0.05) is 20.3 Å². The van der Waals surface area contributed by atoms with Crippen molar-refractivity contribution in [3.05, 3.63) is 0 Å². The van der Waals surface area contributed by atoms with Crippen LogP contribution in [0.4, 0.5) is 13.2 Å². The number of halogens is 3. The smallest absolute Gasteiger partial charge is 0.298 e. The van der Waals surface area contributed by atoms with Crippen LogP contribution >= 0.6 is 0 Å². The van der Waals surface area contributed by atoms with Crippen LogP contribution in [0, 0.1) is 5.92 Å². The van der Waals surface area contributed by atoms with E-state index in [1.807, 2.05) is 0 Å². The van der Waals surface area contributed by atoms with E-state index in [4.69, 9.17) is 0 Å². The molecule has 1 aliphatic rings. The second kappa shape index (κ2) is 6.05. The molecule has 1 unspecified atom stereocenters. The molecule has 0 aromatic carbocycles. The summed E-state index contributed by atoms with van der Waals surface area (Å²) in [6, 6.07) is 0.466. The molecule has 5 heteroatoms. The standard InChI is InChI=1S/C12H23F3N2/c1-4-10(2)11(3)17-7-5-16(6-8-17)9-12(13,14)15/h10-11H,4-9H2,1-3H3/t10?,11-/m1/s1. The van der Waals surface area contributed by atoms with Crippen molar-refractivity contribution in [1.82, 2.24) is 9.80 Å². The summed E-state index contributed by atoms with van der Waals surface area (Å²) in [5.41, 5.74) is 0. The van der Waals surface area contributed by atoms with Crippen molar-refractivity contribution in [2.24, 2.45) is 5.92 Å². The largest absolute Gasteiger partial charge is 0.401 e. The van der Waals surface area contributed by atoms with E-state index in [9.17, 15) is 13.2 Å². The highest BCUT2D eigenvalue weighted by molar-refractivity contribution is 4.79. The fraction of sp³-hybridized carbons (Fsp3) is 1.00. The number of hydrogen-bond donors (Lipinski definition) is 0. The summed E-state index contributed by atoms with van der Waals surface area (Å²) in [5, 5.41) is 0. The van der Waals surface area contributed by atoms with Crippen molar-refractivity contribution in [3.8, 4) is 0 Å². The Labute approximate surface area is 102 Å². The molecule has 0 spiro atoms. The highest BCUT2D eigenvalue weighted by Gasteiger charge is 2.33. The van der Waals surface area contributed by atoms with Crippen LogP contribution < -0.4 is 0 Å². The molecular formula is C12H23F3N2. The zero-order chi connectivity index (χ0) is 13.1. The van der Waals surface area contributed by atoms with Gasteiger partial charge in [0, 0.05) is 32.2 Å². The zero-order valence-electron chi connectivity index (χ0n) is 10.9. The monoisotopic (exact) mass is 252 g/mol. The molecule has 1 saturated heterocycles. The topological polar surface area (TPSA) is 6.48 Å². The molecular weight excluding hydrogens is 229 g/mol. The lowest BCUT2D eigenvalue weighted by molar-refractivity contribution is -0.150. The van der Waals surface area contributed by atoms with Gasteiger partial charge in [-0.3, -0.25) is 9.80 Å². The Hall–Kier alpha value is -0.290. The molecule has 0 aliphatic carbocycles. The lowest BCUT2D eigenvalue weighted by atomic mass is 9.99. The van der Waals surface area contributed by atoms with E-state index in [1.165, 1.54) is 4.90 Å². The number of alkyl halides is 3. The average molecular weight is 252 g/mol. The summed E-state index contributed by atoms with van der Waals surface area (Å²) >= 11 is 0. The van der Waals surface area contributed by atoms with Crippen LogP contribution in [-0.4, -0.2) is 54.7 Å². The number of piperazine rings is 1. The van der Waals surface area contributed by atoms with Crippen LogP contribution in [0.3, 0.4) is 0 Å². The molecule has 1 heterocycles. The molecule has 0 bridgehead atoms. The molecule has 0 amide bonds. The third kappa shape index (κ3) is 4.84. The van der Waals surface area contributed by atoms with Gasteiger partial charge in [0.2, 0.25) is 0 Å². The van der Waals surface area contributed by atoms with Gasteiger partial charge >= 0.3 is 6.18 Å². The van der Waals surface area contributed by atoms with Crippen LogP contribution in [-0.2, 0) is 0 Å². The van der Waals surface area contributed by atoms with E-state index < -0.39 is 12.7 Å². The molecule has 0 aromatic rings. The molecule has 102 valence electrons. The molecule has 0 saturated carbocycles. The molecule has 1 rings (SSSR count). The van der Waals surface area contributed by atoms with Gasteiger partial charge in [0.15, 0.2) is 0 Å². The fourth-order valence-electron chi connectivity index (χ4n) is 2.28. The van der Waals surface area contributed by atoms with Crippen LogP contribution in [0.1, 0.15) is 27.2 Å². The summed E-state index contributed by atoms with van der Waals surface area (Å²) in [5.74, 6) is 0.601. The maximum absolute atomic E-state index is 12.2. The van der Waals surface area contributed by atoms with E-state index in [1.54, 1.807) is 0 Å². The normalized spacial score (nSPS) is 23.6. The first-order chi connectivity index (χ1) is 7.83. The van der Waals surface area contributed by atoms with E-state index in [0.717, 1.165) is 19.5 Å². The molecule has 2 atom stereocenters. The second-order valence-electron chi connectivity index (χ2n) is 5.05. The summed E-state index contributed by atoms with van der Waals surface area (Å²) in [4.78, 5) is 3.81. The average Bonchev–Trinajstić information content (AvgIpc) is 2.26. The Bertz CT molecular complexity index is 222.